The van der Waals surface area contributed by atoms with E-state index in [1.54, 1.807) is 20.4 Å². The van der Waals surface area contributed by atoms with Crippen LogP contribution in [0.4, 0.5) is 0 Å². The summed E-state index contributed by atoms with van der Waals surface area (Å²) in [6, 6.07) is 12.1. The number of ether oxygens (including phenoxy) is 2. The molecule has 4 rings (SSSR count). The lowest BCUT2D eigenvalue weighted by Gasteiger charge is -2.28. The molecular weight excluding hydrogens is 366 g/mol. The first kappa shape index (κ1) is 19.4. The maximum Gasteiger partial charge on any atom is 0.179 e. The summed E-state index contributed by atoms with van der Waals surface area (Å²) in [7, 11) is 3.17. The topological polar surface area (TPSA) is 77.7 Å². The van der Waals surface area contributed by atoms with E-state index in [2.05, 4.69) is 28.1 Å². The molecule has 1 aliphatic heterocycles. The minimum atomic E-state index is 0.0395. The van der Waals surface area contributed by atoms with Crippen LogP contribution >= 0.6 is 0 Å². The van der Waals surface area contributed by atoms with Gasteiger partial charge in [-0.3, -0.25) is 14.7 Å². The largest absolute Gasteiger partial charge is 0.493 e. The third kappa shape index (κ3) is 3.69. The average Bonchev–Trinajstić information content (AvgIpc) is 2.77. The van der Waals surface area contributed by atoms with Gasteiger partial charge in [-0.1, -0.05) is 24.3 Å². The van der Waals surface area contributed by atoms with Crippen molar-refractivity contribution in [3.05, 3.63) is 65.0 Å². The Hall–Kier alpha value is -2.96. The van der Waals surface area contributed by atoms with Gasteiger partial charge in [0.2, 0.25) is 0 Å². The third-order valence-electron chi connectivity index (χ3n) is 5.54. The van der Waals surface area contributed by atoms with Gasteiger partial charge in [0.25, 0.3) is 0 Å². The van der Waals surface area contributed by atoms with E-state index in [4.69, 9.17) is 15.2 Å². The molecule has 0 saturated heterocycles. The van der Waals surface area contributed by atoms with Gasteiger partial charge in [-0.05, 0) is 35.1 Å². The second-order valence-electron chi connectivity index (χ2n) is 7.23. The summed E-state index contributed by atoms with van der Waals surface area (Å²) in [5, 5.41) is 1.61. The van der Waals surface area contributed by atoms with E-state index in [-0.39, 0.29) is 12.3 Å². The fourth-order valence-corrected chi connectivity index (χ4v) is 3.98. The van der Waals surface area contributed by atoms with Gasteiger partial charge < -0.3 is 15.2 Å². The van der Waals surface area contributed by atoms with Crippen molar-refractivity contribution >= 4 is 16.6 Å². The molecule has 0 saturated carbocycles. The number of hydrogen-bond donors (Lipinski definition) is 1. The highest BCUT2D eigenvalue weighted by atomic mass is 16.5. The van der Waals surface area contributed by atoms with E-state index in [1.165, 1.54) is 11.1 Å². The number of aromatic nitrogens is 1. The molecule has 0 atom stereocenters. The Balaban J connectivity index is 1.67. The van der Waals surface area contributed by atoms with Crippen LogP contribution in [0.5, 0.6) is 11.5 Å². The second kappa shape index (κ2) is 8.19. The number of pyridine rings is 1. The summed E-state index contributed by atoms with van der Waals surface area (Å²) >= 11 is 0. The van der Waals surface area contributed by atoms with Crippen molar-refractivity contribution in [2.45, 2.75) is 19.5 Å². The van der Waals surface area contributed by atoms with Crippen molar-refractivity contribution in [3.63, 3.8) is 0 Å². The minimum absolute atomic E-state index is 0.0395. The molecule has 0 unspecified atom stereocenters. The molecule has 0 fully saturated rings. The summed E-state index contributed by atoms with van der Waals surface area (Å²) in [6.07, 6.45) is 2.59. The molecule has 0 radical (unpaired) electrons. The van der Waals surface area contributed by atoms with Gasteiger partial charge in [0.05, 0.1) is 26.5 Å². The van der Waals surface area contributed by atoms with Crippen LogP contribution in [0.15, 0.2) is 42.6 Å². The molecule has 150 valence electrons. The summed E-state index contributed by atoms with van der Waals surface area (Å²) < 4.78 is 10.9. The molecule has 0 aliphatic carbocycles. The zero-order valence-electron chi connectivity index (χ0n) is 16.8. The Kier molecular flexibility index (Phi) is 5.47. The van der Waals surface area contributed by atoms with Gasteiger partial charge in [0, 0.05) is 36.8 Å². The van der Waals surface area contributed by atoms with Gasteiger partial charge in [-0.15, -0.1) is 0 Å². The number of methoxy groups -OCH3 is 2. The quantitative estimate of drug-likeness (QED) is 0.651. The van der Waals surface area contributed by atoms with Crippen LogP contribution in [0, 0.1) is 0 Å². The van der Waals surface area contributed by atoms with Gasteiger partial charge in [0.1, 0.15) is 0 Å². The number of ketones is 1. The number of Topliss-reactive ketones (excluding diaryl/α,β-unsaturated/α-hetero) is 1. The summed E-state index contributed by atoms with van der Waals surface area (Å²) in [4.78, 5) is 19.8. The van der Waals surface area contributed by atoms with E-state index in [0.717, 1.165) is 36.0 Å². The highest BCUT2D eigenvalue weighted by Crippen LogP contribution is 2.35. The number of benzene rings is 2. The van der Waals surface area contributed by atoms with Crippen LogP contribution in [0.1, 0.15) is 27.2 Å². The summed E-state index contributed by atoms with van der Waals surface area (Å²) in [5.41, 5.74) is 9.84. The molecule has 0 bridgehead atoms. The molecule has 1 aliphatic rings. The number of rotatable bonds is 6. The zero-order valence-corrected chi connectivity index (χ0v) is 16.8. The Morgan fingerprint density at radius 2 is 1.79 bits per heavy atom. The number of carbonyl (C=O) groups is 1. The number of hydrogen-bond acceptors (Lipinski definition) is 6. The maximum absolute atomic E-state index is 13.2. The Labute approximate surface area is 170 Å². The monoisotopic (exact) mass is 391 g/mol. The molecule has 2 heterocycles. The fraction of sp³-hybridized carbons (Fsp3) is 0.304. The van der Waals surface area contributed by atoms with Gasteiger partial charge in [-0.25, -0.2) is 0 Å². The minimum Gasteiger partial charge on any atom is -0.493 e. The van der Waals surface area contributed by atoms with Crippen LogP contribution < -0.4 is 15.2 Å². The normalized spacial score (nSPS) is 13.9. The molecule has 0 spiro atoms. The molecule has 2 aromatic carbocycles. The lowest BCUT2D eigenvalue weighted by atomic mass is 9.98. The van der Waals surface area contributed by atoms with E-state index < -0.39 is 0 Å². The predicted molar refractivity (Wildman–Crippen MR) is 112 cm³/mol. The number of nitrogens with two attached hydrogens (primary N) is 1. The number of carbonyl (C=O) groups excluding carboxylic acids is 1. The third-order valence-corrected chi connectivity index (χ3v) is 5.54. The molecule has 2 N–H and O–H groups in total. The SMILES string of the molecule is COc1cc2c(C(=O)CN3CCc4ccccc4C3)cnc(CN)c2cc1OC. The molecular formula is C23H25N3O3. The van der Waals surface area contributed by atoms with Gasteiger partial charge >= 0.3 is 0 Å². The zero-order chi connectivity index (χ0) is 20.4. The molecule has 1 aromatic heterocycles. The van der Waals surface area contributed by atoms with E-state index >= 15 is 0 Å². The van der Waals surface area contributed by atoms with Crippen molar-refractivity contribution < 1.29 is 14.3 Å². The van der Waals surface area contributed by atoms with Crippen LogP contribution in [0.25, 0.3) is 10.8 Å². The van der Waals surface area contributed by atoms with Gasteiger partial charge in [0.15, 0.2) is 17.3 Å². The molecule has 3 aromatic rings. The Morgan fingerprint density at radius 3 is 2.48 bits per heavy atom. The van der Waals surface area contributed by atoms with Crippen LogP contribution in [0.2, 0.25) is 0 Å². The number of nitrogens with zero attached hydrogens (tertiary/aromatic N) is 2. The van der Waals surface area contributed by atoms with Crippen LogP contribution in [0.3, 0.4) is 0 Å². The Morgan fingerprint density at radius 1 is 1.10 bits per heavy atom. The number of fused-ring (bicyclic) bond motifs is 2. The fourth-order valence-electron chi connectivity index (χ4n) is 3.98. The van der Waals surface area contributed by atoms with Gasteiger partial charge in [-0.2, -0.15) is 0 Å². The lowest BCUT2D eigenvalue weighted by molar-refractivity contribution is 0.0923. The first-order valence-corrected chi connectivity index (χ1v) is 9.70. The molecule has 29 heavy (non-hydrogen) atoms. The standard InChI is InChI=1S/C23H25N3O3/c1-28-22-9-17-18(10-23(22)29-2)20(11-24)25-12-19(17)21(27)14-26-8-7-15-5-3-4-6-16(15)13-26/h3-6,9-10,12H,7-8,11,13-14,24H2,1-2H3. The van der Waals surface area contributed by atoms with E-state index in [9.17, 15) is 4.79 Å². The predicted octanol–water partition coefficient (Wildman–Crippen LogP) is 2.95. The highest BCUT2D eigenvalue weighted by molar-refractivity contribution is 6.09. The van der Waals surface area contributed by atoms with Crippen LogP contribution in [-0.2, 0) is 19.5 Å². The average molecular weight is 391 g/mol. The van der Waals surface area contributed by atoms with Crippen molar-refractivity contribution in [3.8, 4) is 11.5 Å². The smallest absolute Gasteiger partial charge is 0.179 e. The van der Waals surface area contributed by atoms with Crippen molar-refractivity contribution in [1.82, 2.24) is 9.88 Å². The molecule has 0 amide bonds. The van der Waals surface area contributed by atoms with Crippen molar-refractivity contribution in [2.24, 2.45) is 5.73 Å². The summed E-state index contributed by atoms with van der Waals surface area (Å²) in [5.74, 6) is 1.21. The highest BCUT2D eigenvalue weighted by Gasteiger charge is 2.21. The van der Waals surface area contributed by atoms with Crippen LogP contribution in [-0.4, -0.2) is 43.0 Å². The maximum atomic E-state index is 13.2. The van der Waals surface area contributed by atoms with Crippen molar-refractivity contribution in [1.29, 1.82) is 0 Å². The van der Waals surface area contributed by atoms with Crippen molar-refractivity contribution in [2.75, 3.05) is 27.3 Å². The second-order valence-corrected chi connectivity index (χ2v) is 7.23. The lowest BCUT2D eigenvalue weighted by Crippen LogP contribution is -2.35. The molecule has 6 heteroatoms. The Bertz CT molecular complexity index is 1060. The van der Waals surface area contributed by atoms with E-state index in [0.29, 0.717) is 23.6 Å². The summed E-state index contributed by atoms with van der Waals surface area (Å²) in [6.45, 7) is 2.28. The first-order valence-electron chi connectivity index (χ1n) is 9.70. The molecule has 6 nitrogen and oxygen atoms in total. The van der Waals surface area contributed by atoms with E-state index in [1.807, 2.05) is 18.2 Å². The first-order chi connectivity index (χ1) is 14.1.